The van der Waals surface area contributed by atoms with Gasteiger partial charge in [0.25, 0.3) is 0 Å². The smallest absolute Gasteiger partial charge is 0.303 e. The first-order valence-corrected chi connectivity index (χ1v) is 6.36. The van der Waals surface area contributed by atoms with Crippen LogP contribution in [0.25, 0.3) is 0 Å². The molecule has 0 radical (unpaired) electrons. The van der Waals surface area contributed by atoms with Crippen molar-refractivity contribution >= 4 is 11.9 Å². The van der Waals surface area contributed by atoms with Gasteiger partial charge in [-0.3, -0.25) is 9.59 Å². The van der Waals surface area contributed by atoms with Gasteiger partial charge in [0.2, 0.25) is 5.91 Å². The van der Waals surface area contributed by atoms with Gasteiger partial charge in [-0.1, -0.05) is 31.2 Å². The van der Waals surface area contributed by atoms with Crippen molar-refractivity contribution in [2.24, 2.45) is 5.73 Å². The molecule has 1 amide bonds. The van der Waals surface area contributed by atoms with Crippen LogP contribution in [0.4, 0.5) is 0 Å². The number of carboxylic acids is 1. The predicted molar refractivity (Wildman–Crippen MR) is 72.5 cm³/mol. The van der Waals surface area contributed by atoms with Gasteiger partial charge in [0.05, 0.1) is 6.04 Å². The zero-order valence-electron chi connectivity index (χ0n) is 11.1. The fourth-order valence-electron chi connectivity index (χ4n) is 1.80. The molecule has 1 aromatic rings. The number of amides is 1. The zero-order chi connectivity index (χ0) is 14.3. The largest absolute Gasteiger partial charge is 0.481 e. The molecule has 1 rings (SSSR count). The molecule has 0 spiro atoms. The average molecular weight is 264 g/mol. The van der Waals surface area contributed by atoms with Crippen LogP contribution in [0.15, 0.2) is 24.3 Å². The molecule has 19 heavy (non-hydrogen) atoms. The van der Waals surface area contributed by atoms with Crippen molar-refractivity contribution in [3.05, 3.63) is 35.4 Å². The number of nitrogens with two attached hydrogens (primary N) is 1. The van der Waals surface area contributed by atoms with Gasteiger partial charge in [-0.25, -0.2) is 0 Å². The van der Waals surface area contributed by atoms with Gasteiger partial charge >= 0.3 is 5.97 Å². The molecule has 1 unspecified atom stereocenters. The lowest BCUT2D eigenvalue weighted by atomic mass is 10.1. The summed E-state index contributed by atoms with van der Waals surface area (Å²) >= 11 is 0. The highest BCUT2D eigenvalue weighted by Crippen LogP contribution is 2.09. The van der Waals surface area contributed by atoms with E-state index in [4.69, 9.17) is 10.8 Å². The minimum Gasteiger partial charge on any atom is -0.481 e. The second kappa shape index (κ2) is 7.53. The summed E-state index contributed by atoms with van der Waals surface area (Å²) in [6, 6.07) is 7.09. The molecule has 0 aliphatic rings. The number of benzene rings is 1. The first-order chi connectivity index (χ1) is 9.04. The number of rotatable bonds is 7. The van der Waals surface area contributed by atoms with E-state index < -0.39 is 12.0 Å². The SMILES string of the molecule is CCc1ccccc1CNC(=O)C(N)CCC(=O)O. The highest BCUT2D eigenvalue weighted by molar-refractivity contribution is 5.82. The van der Waals surface area contributed by atoms with Gasteiger partial charge in [0, 0.05) is 13.0 Å². The minimum absolute atomic E-state index is 0.0971. The van der Waals surface area contributed by atoms with Crippen LogP contribution in [0.1, 0.15) is 30.9 Å². The van der Waals surface area contributed by atoms with Crippen molar-refractivity contribution in [2.45, 2.75) is 38.8 Å². The lowest BCUT2D eigenvalue weighted by molar-refractivity contribution is -0.137. The molecule has 0 bridgehead atoms. The van der Waals surface area contributed by atoms with E-state index in [-0.39, 0.29) is 18.7 Å². The number of hydrogen-bond acceptors (Lipinski definition) is 3. The van der Waals surface area contributed by atoms with Crippen molar-refractivity contribution < 1.29 is 14.7 Å². The van der Waals surface area contributed by atoms with Gasteiger partial charge in [-0.15, -0.1) is 0 Å². The maximum Gasteiger partial charge on any atom is 0.303 e. The first kappa shape index (κ1) is 15.2. The number of aryl methyl sites for hydroxylation is 1. The molecule has 0 aliphatic carbocycles. The van der Waals surface area contributed by atoms with Crippen LogP contribution in [-0.2, 0) is 22.6 Å². The van der Waals surface area contributed by atoms with Crippen LogP contribution in [0.2, 0.25) is 0 Å². The predicted octanol–water partition coefficient (Wildman–Crippen LogP) is 1.06. The molecule has 0 saturated carbocycles. The Morgan fingerprint density at radius 3 is 2.53 bits per heavy atom. The molecule has 1 aromatic carbocycles. The minimum atomic E-state index is -0.945. The number of nitrogens with one attached hydrogen (secondary N) is 1. The first-order valence-electron chi connectivity index (χ1n) is 6.36. The summed E-state index contributed by atoms with van der Waals surface area (Å²) in [5.74, 6) is -1.26. The molecule has 1 atom stereocenters. The van der Waals surface area contributed by atoms with E-state index in [9.17, 15) is 9.59 Å². The standard InChI is InChI=1S/C14H20N2O3/c1-2-10-5-3-4-6-11(10)9-16-14(19)12(15)7-8-13(17)18/h3-6,12H,2,7-9,15H2,1H3,(H,16,19)(H,17,18). The summed E-state index contributed by atoms with van der Waals surface area (Å²) in [5, 5.41) is 11.3. The van der Waals surface area contributed by atoms with Crippen LogP contribution < -0.4 is 11.1 Å². The monoisotopic (exact) mass is 264 g/mol. The maximum atomic E-state index is 11.7. The van der Waals surface area contributed by atoms with Crippen molar-refractivity contribution in [3.8, 4) is 0 Å². The molecule has 5 nitrogen and oxygen atoms in total. The van der Waals surface area contributed by atoms with Crippen LogP contribution >= 0.6 is 0 Å². The van der Waals surface area contributed by atoms with E-state index in [1.54, 1.807) is 0 Å². The van der Waals surface area contributed by atoms with Gasteiger partial charge in [-0.05, 0) is 24.0 Å². The summed E-state index contributed by atoms with van der Waals surface area (Å²) in [4.78, 5) is 22.1. The Morgan fingerprint density at radius 1 is 1.32 bits per heavy atom. The third-order valence-electron chi connectivity index (χ3n) is 2.96. The Labute approximate surface area is 112 Å². The Bertz CT molecular complexity index is 446. The van der Waals surface area contributed by atoms with E-state index in [2.05, 4.69) is 12.2 Å². The van der Waals surface area contributed by atoms with Gasteiger partial charge in [-0.2, -0.15) is 0 Å². The lowest BCUT2D eigenvalue weighted by Gasteiger charge is -2.13. The van der Waals surface area contributed by atoms with E-state index in [1.807, 2.05) is 24.3 Å². The zero-order valence-corrected chi connectivity index (χ0v) is 11.1. The third-order valence-corrected chi connectivity index (χ3v) is 2.96. The Kier molecular flexibility index (Phi) is 6.02. The Balaban J connectivity index is 2.47. The molecule has 0 fully saturated rings. The number of carbonyl (C=O) groups is 2. The maximum absolute atomic E-state index is 11.7. The second-order valence-corrected chi connectivity index (χ2v) is 4.38. The second-order valence-electron chi connectivity index (χ2n) is 4.38. The molecule has 0 aliphatic heterocycles. The van der Waals surface area contributed by atoms with E-state index >= 15 is 0 Å². The quantitative estimate of drug-likeness (QED) is 0.686. The van der Waals surface area contributed by atoms with Crippen molar-refractivity contribution in [3.63, 3.8) is 0 Å². The van der Waals surface area contributed by atoms with Crippen LogP contribution in [-0.4, -0.2) is 23.0 Å². The van der Waals surface area contributed by atoms with Crippen LogP contribution in [0.5, 0.6) is 0 Å². The molecular weight excluding hydrogens is 244 g/mol. The topological polar surface area (TPSA) is 92.4 Å². The van der Waals surface area contributed by atoms with Gasteiger partial charge in [0.1, 0.15) is 0 Å². The van der Waals surface area contributed by atoms with Gasteiger partial charge in [0.15, 0.2) is 0 Å². The summed E-state index contributed by atoms with van der Waals surface area (Å²) in [7, 11) is 0. The molecule has 5 heteroatoms. The Morgan fingerprint density at radius 2 is 1.95 bits per heavy atom. The molecule has 4 N–H and O–H groups in total. The van der Waals surface area contributed by atoms with Crippen molar-refractivity contribution in [2.75, 3.05) is 0 Å². The lowest BCUT2D eigenvalue weighted by Crippen LogP contribution is -2.40. The highest BCUT2D eigenvalue weighted by atomic mass is 16.4. The van der Waals surface area contributed by atoms with Crippen LogP contribution in [0, 0.1) is 0 Å². The average Bonchev–Trinajstić information content (AvgIpc) is 2.42. The fourth-order valence-corrected chi connectivity index (χ4v) is 1.80. The number of carboxylic acid groups (broad SMARTS) is 1. The molecular formula is C14H20N2O3. The normalized spacial score (nSPS) is 11.9. The van der Waals surface area contributed by atoms with E-state index in [0.717, 1.165) is 12.0 Å². The summed E-state index contributed by atoms with van der Waals surface area (Å²) in [6.07, 6.45) is 0.952. The Hall–Kier alpha value is -1.88. The number of hydrogen-bond donors (Lipinski definition) is 3. The number of aliphatic carboxylic acids is 1. The van der Waals surface area contributed by atoms with E-state index in [1.165, 1.54) is 5.56 Å². The highest BCUT2D eigenvalue weighted by Gasteiger charge is 2.14. The molecule has 104 valence electrons. The van der Waals surface area contributed by atoms with Crippen LogP contribution in [0.3, 0.4) is 0 Å². The summed E-state index contributed by atoms with van der Waals surface area (Å²) in [5.41, 5.74) is 7.87. The summed E-state index contributed by atoms with van der Waals surface area (Å²) < 4.78 is 0. The number of carbonyl (C=O) groups excluding carboxylic acids is 1. The molecule has 0 aromatic heterocycles. The summed E-state index contributed by atoms with van der Waals surface area (Å²) in [6.45, 7) is 2.48. The van der Waals surface area contributed by atoms with E-state index in [0.29, 0.717) is 6.54 Å². The van der Waals surface area contributed by atoms with Crippen molar-refractivity contribution in [1.29, 1.82) is 0 Å². The van der Waals surface area contributed by atoms with Gasteiger partial charge < -0.3 is 16.2 Å². The fraction of sp³-hybridized carbons (Fsp3) is 0.429. The molecule has 0 saturated heterocycles. The molecule has 0 heterocycles. The van der Waals surface area contributed by atoms with Crippen molar-refractivity contribution in [1.82, 2.24) is 5.32 Å². The third kappa shape index (κ3) is 5.09.